The van der Waals surface area contributed by atoms with E-state index in [1.54, 1.807) is 24.0 Å². The Bertz CT molecular complexity index is 885. The number of carbonyl (C=O) groups excluding carboxylic acids is 2. The van der Waals surface area contributed by atoms with E-state index >= 15 is 0 Å². The highest BCUT2D eigenvalue weighted by Gasteiger charge is 2.54. The molecule has 2 fully saturated rings. The SMILES string of the molecule is Cc1cccc(C(=O)N2CC3(C2)OCC[C@H]3CCNC(=O)c2ccnn2C)c1. The van der Waals surface area contributed by atoms with Crippen molar-refractivity contribution in [3.63, 3.8) is 0 Å². The van der Waals surface area contributed by atoms with Gasteiger partial charge in [0.2, 0.25) is 0 Å². The standard InChI is InChI=1S/C21H26N4O3/c1-15-4-3-5-16(12-15)20(27)25-13-21(14-25)17(8-11-28-21)6-9-22-19(26)18-7-10-23-24(18)2/h3-5,7,10,12,17H,6,8-9,11,13-14H2,1-2H3,(H,22,26)/t17-/m1/s1. The Kier molecular flexibility index (Phi) is 4.93. The Balaban J connectivity index is 1.30. The van der Waals surface area contributed by atoms with Crippen molar-refractivity contribution < 1.29 is 14.3 Å². The summed E-state index contributed by atoms with van der Waals surface area (Å²) in [7, 11) is 1.75. The van der Waals surface area contributed by atoms with Gasteiger partial charge >= 0.3 is 0 Å². The van der Waals surface area contributed by atoms with Crippen molar-refractivity contribution in [2.24, 2.45) is 13.0 Å². The second-order valence-corrected chi connectivity index (χ2v) is 7.81. The van der Waals surface area contributed by atoms with Crippen LogP contribution in [0.3, 0.4) is 0 Å². The van der Waals surface area contributed by atoms with E-state index in [0.29, 0.717) is 37.9 Å². The lowest BCUT2D eigenvalue weighted by molar-refractivity contribution is -0.117. The average molecular weight is 382 g/mol. The molecule has 1 aromatic heterocycles. The maximum Gasteiger partial charge on any atom is 0.269 e. The second kappa shape index (κ2) is 7.39. The predicted molar refractivity (Wildman–Crippen MR) is 104 cm³/mol. The smallest absolute Gasteiger partial charge is 0.269 e. The Hall–Kier alpha value is -2.67. The van der Waals surface area contributed by atoms with E-state index in [9.17, 15) is 9.59 Å². The summed E-state index contributed by atoms with van der Waals surface area (Å²) in [5.74, 6) is 0.298. The van der Waals surface area contributed by atoms with Crippen molar-refractivity contribution >= 4 is 11.8 Å². The number of ether oxygens (including phenoxy) is 1. The lowest BCUT2D eigenvalue weighted by Crippen LogP contribution is -2.66. The van der Waals surface area contributed by atoms with Gasteiger partial charge in [-0.05, 0) is 43.9 Å². The molecule has 2 aromatic rings. The van der Waals surface area contributed by atoms with Crippen LogP contribution in [0.25, 0.3) is 0 Å². The van der Waals surface area contributed by atoms with Crippen LogP contribution < -0.4 is 5.32 Å². The molecule has 0 aliphatic carbocycles. The van der Waals surface area contributed by atoms with Gasteiger partial charge in [0.1, 0.15) is 11.3 Å². The highest BCUT2D eigenvalue weighted by Crippen LogP contribution is 2.42. The summed E-state index contributed by atoms with van der Waals surface area (Å²) in [6, 6.07) is 9.40. The molecule has 7 heteroatoms. The van der Waals surface area contributed by atoms with Crippen LogP contribution in [-0.2, 0) is 11.8 Å². The summed E-state index contributed by atoms with van der Waals surface area (Å²) in [5, 5.41) is 6.99. The van der Waals surface area contributed by atoms with E-state index < -0.39 is 0 Å². The maximum absolute atomic E-state index is 12.7. The van der Waals surface area contributed by atoms with Gasteiger partial charge in [0.25, 0.3) is 11.8 Å². The number of hydrogen-bond acceptors (Lipinski definition) is 4. The molecule has 1 atom stereocenters. The molecule has 4 rings (SSSR count). The zero-order chi connectivity index (χ0) is 19.7. The molecular weight excluding hydrogens is 356 g/mol. The number of nitrogens with one attached hydrogen (secondary N) is 1. The highest BCUT2D eigenvalue weighted by atomic mass is 16.5. The molecule has 28 heavy (non-hydrogen) atoms. The van der Waals surface area contributed by atoms with E-state index in [1.165, 1.54) is 0 Å². The zero-order valence-corrected chi connectivity index (χ0v) is 16.4. The van der Waals surface area contributed by atoms with E-state index in [2.05, 4.69) is 10.4 Å². The first kappa shape index (κ1) is 18.7. The molecule has 0 radical (unpaired) electrons. The first-order valence-electron chi connectivity index (χ1n) is 9.75. The molecule has 1 aromatic carbocycles. The van der Waals surface area contributed by atoms with Gasteiger partial charge in [0.15, 0.2) is 0 Å². The summed E-state index contributed by atoms with van der Waals surface area (Å²) in [5.41, 5.74) is 2.11. The van der Waals surface area contributed by atoms with Crippen molar-refractivity contribution in [3.05, 3.63) is 53.3 Å². The van der Waals surface area contributed by atoms with Crippen LogP contribution in [0.5, 0.6) is 0 Å². The van der Waals surface area contributed by atoms with Gasteiger partial charge < -0.3 is 15.0 Å². The van der Waals surface area contributed by atoms with Gasteiger partial charge in [-0.3, -0.25) is 14.3 Å². The quantitative estimate of drug-likeness (QED) is 0.855. The van der Waals surface area contributed by atoms with Crippen molar-refractivity contribution in [1.82, 2.24) is 20.0 Å². The molecule has 1 spiro atoms. The lowest BCUT2D eigenvalue weighted by Gasteiger charge is -2.50. The molecule has 0 bridgehead atoms. The molecule has 3 heterocycles. The fourth-order valence-electron chi connectivity index (χ4n) is 4.29. The Labute approximate surface area is 164 Å². The number of hydrogen-bond donors (Lipinski definition) is 1. The minimum absolute atomic E-state index is 0.0630. The largest absolute Gasteiger partial charge is 0.371 e. The zero-order valence-electron chi connectivity index (χ0n) is 16.4. The molecule has 7 nitrogen and oxygen atoms in total. The molecule has 0 unspecified atom stereocenters. The molecule has 2 saturated heterocycles. The van der Waals surface area contributed by atoms with Gasteiger partial charge in [-0.2, -0.15) is 5.10 Å². The van der Waals surface area contributed by atoms with Crippen LogP contribution >= 0.6 is 0 Å². The summed E-state index contributed by atoms with van der Waals surface area (Å²) >= 11 is 0. The third-order valence-electron chi connectivity index (χ3n) is 5.90. The van der Waals surface area contributed by atoms with Crippen molar-refractivity contribution in [3.8, 4) is 0 Å². The number of rotatable bonds is 5. The predicted octanol–water partition coefficient (Wildman–Crippen LogP) is 1.78. The van der Waals surface area contributed by atoms with Crippen LogP contribution in [0.15, 0.2) is 36.5 Å². The van der Waals surface area contributed by atoms with Gasteiger partial charge in [0.05, 0.1) is 13.1 Å². The van der Waals surface area contributed by atoms with Gasteiger partial charge in [-0.25, -0.2) is 0 Å². The maximum atomic E-state index is 12.7. The van der Waals surface area contributed by atoms with Gasteiger partial charge in [0, 0.05) is 32.0 Å². The van der Waals surface area contributed by atoms with Crippen molar-refractivity contribution in [2.45, 2.75) is 25.4 Å². The second-order valence-electron chi connectivity index (χ2n) is 7.81. The minimum atomic E-state index is -0.253. The van der Waals surface area contributed by atoms with Crippen LogP contribution in [-0.4, -0.2) is 58.3 Å². The van der Waals surface area contributed by atoms with E-state index in [4.69, 9.17) is 4.74 Å². The number of amides is 2. The lowest BCUT2D eigenvalue weighted by atomic mass is 9.78. The highest BCUT2D eigenvalue weighted by molar-refractivity contribution is 5.95. The normalized spacial score (nSPS) is 20.2. The fourth-order valence-corrected chi connectivity index (χ4v) is 4.29. The third kappa shape index (κ3) is 3.42. The molecule has 2 aliphatic heterocycles. The van der Waals surface area contributed by atoms with Crippen LogP contribution in [0.1, 0.15) is 39.3 Å². The van der Waals surface area contributed by atoms with Gasteiger partial charge in [-0.15, -0.1) is 0 Å². The van der Waals surface area contributed by atoms with Gasteiger partial charge in [-0.1, -0.05) is 17.7 Å². The number of benzene rings is 1. The summed E-state index contributed by atoms with van der Waals surface area (Å²) in [4.78, 5) is 26.8. The summed E-state index contributed by atoms with van der Waals surface area (Å²) in [6.45, 7) is 4.54. The number of aryl methyl sites for hydroxylation is 2. The summed E-state index contributed by atoms with van der Waals surface area (Å²) < 4.78 is 7.62. The van der Waals surface area contributed by atoms with Crippen molar-refractivity contribution in [2.75, 3.05) is 26.2 Å². The van der Waals surface area contributed by atoms with Crippen molar-refractivity contribution in [1.29, 1.82) is 0 Å². The molecular formula is C21H26N4O3. The van der Waals surface area contributed by atoms with Crippen LogP contribution in [0, 0.1) is 12.8 Å². The molecule has 2 aliphatic rings. The molecule has 0 saturated carbocycles. The molecule has 2 amide bonds. The third-order valence-corrected chi connectivity index (χ3v) is 5.90. The Morgan fingerprint density at radius 2 is 2.14 bits per heavy atom. The average Bonchev–Trinajstić information content (AvgIpc) is 3.26. The first-order chi connectivity index (χ1) is 13.5. The van der Waals surface area contributed by atoms with Crippen LogP contribution in [0.4, 0.5) is 0 Å². The number of aromatic nitrogens is 2. The molecule has 1 N–H and O–H groups in total. The Morgan fingerprint density at radius 1 is 1.32 bits per heavy atom. The first-order valence-corrected chi connectivity index (χ1v) is 9.75. The number of carbonyl (C=O) groups is 2. The fraction of sp³-hybridized carbons (Fsp3) is 0.476. The Morgan fingerprint density at radius 3 is 2.86 bits per heavy atom. The van der Waals surface area contributed by atoms with E-state index in [-0.39, 0.29) is 17.4 Å². The van der Waals surface area contributed by atoms with Crippen LogP contribution in [0.2, 0.25) is 0 Å². The minimum Gasteiger partial charge on any atom is -0.371 e. The molecule has 148 valence electrons. The van der Waals surface area contributed by atoms with E-state index in [1.807, 2.05) is 36.1 Å². The monoisotopic (exact) mass is 382 g/mol. The number of nitrogens with zero attached hydrogens (tertiary/aromatic N) is 3. The number of likely N-dealkylation sites (tertiary alicyclic amines) is 1. The van der Waals surface area contributed by atoms with E-state index in [0.717, 1.165) is 24.0 Å². The summed E-state index contributed by atoms with van der Waals surface area (Å²) in [6.07, 6.45) is 3.42. The topological polar surface area (TPSA) is 76.5 Å².